The lowest BCUT2D eigenvalue weighted by atomic mass is 9.92. The molecule has 0 radical (unpaired) electrons. The van der Waals surface area contributed by atoms with Crippen molar-refractivity contribution in [2.24, 2.45) is 0 Å². The molecule has 2 atom stereocenters. The first-order valence-corrected chi connectivity index (χ1v) is 14.2. The summed E-state index contributed by atoms with van der Waals surface area (Å²) in [5.41, 5.74) is -0.160. The van der Waals surface area contributed by atoms with E-state index in [9.17, 15) is 14.4 Å². The molecule has 2 N–H and O–H groups in total. The summed E-state index contributed by atoms with van der Waals surface area (Å²) in [6, 6.07) is 5.07. The van der Waals surface area contributed by atoms with E-state index in [4.69, 9.17) is 14.2 Å². The van der Waals surface area contributed by atoms with Crippen molar-refractivity contribution >= 4 is 35.0 Å². The summed E-state index contributed by atoms with van der Waals surface area (Å²) in [5.74, 6) is 0.200. The number of methoxy groups -OCH3 is 2. The first-order valence-electron chi connectivity index (χ1n) is 14.2. The van der Waals surface area contributed by atoms with Gasteiger partial charge in [0.05, 0.1) is 24.4 Å². The van der Waals surface area contributed by atoms with E-state index in [1.165, 1.54) is 15.6 Å². The molecule has 5 rings (SSSR count). The Balaban J connectivity index is 1.50. The van der Waals surface area contributed by atoms with Crippen molar-refractivity contribution < 1.29 is 23.8 Å². The molecular formula is C29H39N7O6. The third kappa shape index (κ3) is 6.26. The molecule has 3 aromatic heterocycles. The molecule has 13 heteroatoms. The summed E-state index contributed by atoms with van der Waals surface area (Å²) in [6.07, 6.45) is 6.98. The van der Waals surface area contributed by atoms with E-state index < -0.39 is 11.7 Å². The SMILES string of the molecule is CO[C@@H]1CC1NC(=O)c1cnn2c(N(C)C(=O)OC(C)(C)C)cc(Nc3cccn([C@H]4CC[C@H](OC)CC4)c3=O)nc12. The molecule has 0 bridgehead atoms. The van der Waals surface area contributed by atoms with Crippen LogP contribution in [0, 0.1) is 0 Å². The average Bonchev–Trinajstić information content (AvgIpc) is 3.57. The van der Waals surface area contributed by atoms with Crippen molar-refractivity contribution in [3.8, 4) is 0 Å². The number of amides is 2. The van der Waals surface area contributed by atoms with Gasteiger partial charge in [-0.2, -0.15) is 9.61 Å². The fourth-order valence-corrected chi connectivity index (χ4v) is 5.25. The van der Waals surface area contributed by atoms with Gasteiger partial charge in [0.25, 0.3) is 11.5 Å². The van der Waals surface area contributed by atoms with Crippen LogP contribution in [0.3, 0.4) is 0 Å². The predicted octanol–water partition coefficient (Wildman–Crippen LogP) is 3.65. The zero-order valence-electron chi connectivity index (χ0n) is 24.9. The number of fused-ring (bicyclic) bond motifs is 1. The Kier molecular flexibility index (Phi) is 8.24. The van der Waals surface area contributed by atoms with Crippen LogP contribution in [0.15, 0.2) is 35.4 Å². The van der Waals surface area contributed by atoms with Gasteiger partial charge in [-0.05, 0) is 65.0 Å². The third-order valence-corrected chi connectivity index (χ3v) is 7.67. The average molecular weight is 582 g/mol. The van der Waals surface area contributed by atoms with Crippen LogP contribution in [0.1, 0.15) is 69.3 Å². The molecule has 3 aromatic rings. The minimum absolute atomic E-state index is 0.0281. The number of ether oxygens (including phenoxy) is 3. The molecule has 0 aliphatic heterocycles. The number of carbonyl (C=O) groups excluding carboxylic acids is 2. The van der Waals surface area contributed by atoms with Gasteiger partial charge in [0.2, 0.25) is 0 Å². The third-order valence-electron chi connectivity index (χ3n) is 7.67. The number of rotatable bonds is 8. The Labute approximate surface area is 244 Å². The Morgan fingerprint density at radius 1 is 1.12 bits per heavy atom. The largest absolute Gasteiger partial charge is 0.443 e. The zero-order chi connectivity index (χ0) is 30.2. The minimum atomic E-state index is -0.729. The maximum atomic E-state index is 13.5. The molecule has 0 spiro atoms. The van der Waals surface area contributed by atoms with Crippen LogP contribution in [0.5, 0.6) is 0 Å². The quantitative estimate of drug-likeness (QED) is 0.408. The number of hydrogen-bond donors (Lipinski definition) is 2. The van der Waals surface area contributed by atoms with E-state index in [2.05, 4.69) is 20.7 Å². The van der Waals surface area contributed by atoms with Crippen LogP contribution in [-0.4, -0.2) is 76.3 Å². The number of carbonyl (C=O) groups is 2. The van der Waals surface area contributed by atoms with Crippen molar-refractivity contribution in [3.05, 3.63) is 46.5 Å². The lowest BCUT2D eigenvalue weighted by molar-refractivity contribution is 0.0579. The van der Waals surface area contributed by atoms with Gasteiger partial charge in [-0.15, -0.1) is 0 Å². The lowest BCUT2D eigenvalue weighted by Crippen LogP contribution is -2.35. The van der Waals surface area contributed by atoms with Gasteiger partial charge >= 0.3 is 6.09 Å². The molecule has 2 aliphatic rings. The van der Waals surface area contributed by atoms with Gasteiger partial charge in [-0.25, -0.2) is 9.78 Å². The molecule has 1 unspecified atom stereocenters. The molecule has 0 saturated heterocycles. The first-order chi connectivity index (χ1) is 20.0. The zero-order valence-corrected chi connectivity index (χ0v) is 24.9. The van der Waals surface area contributed by atoms with Gasteiger partial charge in [-0.1, -0.05) is 0 Å². The molecule has 2 amide bonds. The second-order valence-electron chi connectivity index (χ2n) is 11.8. The highest BCUT2D eigenvalue weighted by Gasteiger charge is 2.39. The Bertz CT molecular complexity index is 1520. The standard InChI is InChI=1S/C29H39N7O6/c1-29(2,3)42-28(39)34(4)24-15-23(33-25-19(16-30-36(24)25)26(37)32-21-14-22(21)41-6)31-20-8-7-13-35(27(20)38)17-9-11-18(40-5)12-10-17/h7-8,13,15-18,21-22H,9-12,14H2,1-6H3,(H,31,33)(H,32,37)/t17-,18-,21?,22-/m1/s1. The van der Waals surface area contributed by atoms with Gasteiger partial charge in [0.15, 0.2) is 5.65 Å². The number of pyridine rings is 1. The molecule has 3 heterocycles. The highest BCUT2D eigenvalue weighted by Crippen LogP contribution is 2.30. The monoisotopic (exact) mass is 581 g/mol. The molecule has 226 valence electrons. The highest BCUT2D eigenvalue weighted by molar-refractivity contribution is 6.01. The topological polar surface area (TPSA) is 141 Å². The van der Waals surface area contributed by atoms with E-state index >= 15 is 0 Å². The molecule has 2 aliphatic carbocycles. The van der Waals surface area contributed by atoms with E-state index in [-0.39, 0.29) is 52.8 Å². The van der Waals surface area contributed by atoms with Gasteiger partial charge < -0.3 is 29.4 Å². The molecule has 2 saturated carbocycles. The van der Waals surface area contributed by atoms with Crippen molar-refractivity contribution in [2.75, 3.05) is 31.5 Å². The van der Waals surface area contributed by atoms with Gasteiger partial charge in [0.1, 0.15) is 28.5 Å². The maximum Gasteiger partial charge on any atom is 0.415 e. The van der Waals surface area contributed by atoms with E-state index in [0.29, 0.717) is 11.5 Å². The lowest BCUT2D eigenvalue weighted by Gasteiger charge is -2.29. The van der Waals surface area contributed by atoms with E-state index in [0.717, 1.165) is 32.1 Å². The van der Waals surface area contributed by atoms with E-state index in [1.807, 2.05) is 6.07 Å². The van der Waals surface area contributed by atoms with Gasteiger partial charge in [0, 0.05) is 39.6 Å². The first kappa shape index (κ1) is 29.5. The van der Waals surface area contributed by atoms with Crippen molar-refractivity contribution in [3.63, 3.8) is 0 Å². The summed E-state index contributed by atoms with van der Waals surface area (Å²) in [7, 11) is 4.87. The Morgan fingerprint density at radius 2 is 1.86 bits per heavy atom. The maximum absolute atomic E-state index is 13.5. The summed E-state index contributed by atoms with van der Waals surface area (Å²) >= 11 is 0. The summed E-state index contributed by atoms with van der Waals surface area (Å²) in [5, 5.41) is 10.4. The van der Waals surface area contributed by atoms with Crippen LogP contribution in [0.2, 0.25) is 0 Å². The summed E-state index contributed by atoms with van der Waals surface area (Å²) in [6.45, 7) is 5.33. The minimum Gasteiger partial charge on any atom is -0.443 e. The van der Waals surface area contributed by atoms with Crippen LogP contribution in [0.25, 0.3) is 5.65 Å². The van der Waals surface area contributed by atoms with Crippen LogP contribution in [0.4, 0.5) is 22.1 Å². The Morgan fingerprint density at radius 3 is 2.50 bits per heavy atom. The second-order valence-corrected chi connectivity index (χ2v) is 11.8. The molecule has 2 fully saturated rings. The smallest absolute Gasteiger partial charge is 0.415 e. The number of aromatic nitrogens is 4. The van der Waals surface area contributed by atoms with Crippen LogP contribution >= 0.6 is 0 Å². The number of hydrogen-bond acceptors (Lipinski definition) is 9. The molecule has 0 aromatic carbocycles. The predicted molar refractivity (Wildman–Crippen MR) is 157 cm³/mol. The summed E-state index contributed by atoms with van der Waals surface area (Å²) < 4.78 is 19.5. The normalized spacial score (nSPS) is 22.0. The fraction of sp³-hybridized carbons (Fsp3) is 0.552. The van der Waals surface area contributed by atoms with Gasteiger partial charge in [-0.3, -0.25) is 14.5 Å². The van der Waals surface area contributed by atoms with Crippen LogP contribution < -0.4 is 21.1 Å². The molecule has 42 heavy (non-hydrogen) atoms. The summed E-state index contributed by atoms with van der Waals surface area (Å²) in [4.78, 5) is 45.7. The number of nitrogens with zero attached hydrogens (tertiary/aromatic N) is 5. The highest BCUT2D eigenvalue weighted by atomic mass is 16.6. The molecular weight excluding hydrogens is 542 g/mol. The Hall–Kier alpha value is -3.97. The second kappa shape index (κ2) is 11.7. The van der Waals surface area contributed by atoms with Crippen molar-refractivity contribution in [1.82, 2.24) is 24.5 Å². The number of anilines is 3. The van der Waals surface area contributed by atoms with Crippen molar-refractivity contribution in [2.45, 2.75) is 82.8 Å². The molecule has 13 nitrogen and oxygen atoms in total. The van der Waals surface area contributed by atoms with E-state index in [1.54, 1.807) is 64.9 Å². The number of nitrogens with one attached hydrogen (secondary N) is 2. The van der Waals surface area contributed by atoms with Crippen LogP contribution in [-0.2, 0) is 14.2 Å². The van der Waals surface area contributed by atoms with Crippen molar-refractivity contribution in [1.29, 1.82) is 0 Å². The fourth-order valence-electron chi connectivity index (χ4n) is 5.25.